The molecular formula is C13H15N3S. The maximum Gasteiger partial charge on any atom is 0.0795 e. The van der Waals surface area contributed by atoms with Crippen molar-refractivity contribution in [2.24, 2.45) is 0 Å². The van der Waals surface area contributed by atoms with Gasteiger partial charge in [-0.05, 0) is 23.6 Å². The van der Waals surface area contributed by atoms with E-state index in [-0.39, 0.29) is 0 Å². The average molecular weight is 245 g/mol. The third-order valence-corrected chi connectivity index (χ3v) is 3.64. The van der Waals surface area contributed by atoms with Gasteiger partial charge in [0.25, 0.3) is 0 Å². The molecule has 0 radical (unpaired) electrons. The van der Waals surface area contributed by atoms with Gasteiger partial charge >= 0.3 is 0 Å². The maximum absolute atomic E-state index is 4.25. The van der Waals surface area contributed by atoms with Crippen molar-refractivity contribution < 1.29 is 0 Å². The third-order valence-electron chi connectivity index (χ3n) is 3.00. The molecule has 4 heteroatoms. The van der Waals surface area contributed by atoms with E-state index in [0.717, 1.165) is 31.7 Å². The molecule has 3 rings (SSSR count). The molecule has 0 atom stereocenters. The van der Waals surface area contributed by atoms with Crippen LogP contribution < -0.4 is 10.6 Å². The van der Waals surface area contributed by atoms with Crippen LogP contribution in [0.3, 0.4) is 0 Å². The smallest absolute Gasteiger partial charge is 0.0795 e. The summed E-state index contributed by atoms with van der Waals surface area (Å²) in [6.07, 6.45) is 1.15. The molecule has 2 heterocycles. The maximum atomic E-state index is 4.25. The first-order chi connectivity index (χ1) is 8.42. The lowest BCUT2D eigenvalue weighted by molar-refractivity contribution is 0.683. The minimum absolute atomic E-state index is 0.841. The van der Waals surface area contributed by atoms with E-state index in [1.54, 1.807) is 11.3 Å². The largest absolute Gasteiger partial charge is 0.384 e. The number of hydrogen-bond acceptors (Lipinski definition) is 4. The van der Waals surface area contributed by atoms with Crippen molar-refractivity contribution in [2.45, 2.75) is 19.5 Å². The Morgan fingerprint density at radius 1 is 1.35 bits per heavy atom. The van der Waals surface area contributed by atoms with Gasteiger partial charge in [0.15, 0.2) is 0 Å². The Labute approximate surface area is 105 Å². The summed E-state index contributed by atoms with van der Waals surface area (Å²) in [5.74, 6) is 0. The van der Waals surface area contributed by atoms with E-state index < -0.39 is 0 Å². The number of rotatable bonds is 4. The van der Waals surface area contributed by atoms with Gasteiger partial charge in [0.2, 0.25) is 0 Å². The van der Waals surface area contributed by atoms with Crippen LogP contribution in [0.1, 0.15) is 16.8 Å². The van der Waals surface area contributed by atoms with Gasteiger partial charge in [0.05, 0.1) is 11.2 Å². The summed E-state index contributed by atoms with van der Waals surface area (Å²) in [6.45, 7) is 2.81. The minimum Gasteiger partial charge on any atom is -0.384 e. The van der Waals surface area contributed by atoms with Gasteiger partial charge in [-0.2, -0.15) is 0 Å². The Morgan fingerprint density at radius 2 is 2.35 bits per heavy atom. The molecule has 0 spiro atoms. The van der Waals surface area contributed by atoms with Crippen LogP contribution in [0, 0.1) is 0 Å². The fourth-order valence-corrected chi connectivity index (χ4v) is 2.67. The van der Waals surface area contributed by atoms with Crippen LogP contribution in [-0.2, 0) is 19.5 Å². The van der Waals surface area contributed by atoms with Crippen molar-refractivity contribution in [3.63, 3.8) is 0 Å². The molecule has 1 aliphatic heterocycles. The van der Waals surface area contributed by atoms with E-state index in [2.05, 4.69) is 39.2 Å². The van der Waals surface area contributed by atoms with Crippen LogP contribution in [0.2, 0.25) is 0 Å². The molecule has 1 aromatic carbocycles. The SMILES string of the molecule is c1nc(CNCc2ccc3c(c2)NCC3)cs1. The number of nitrogens with zero attached hydrogens (tertiary/aromatic N) is 1. The minimum atomic E-state index is 0.841. The van der Waals surface area contributed by atoms with Crippen LogP contribution in [0.25, 0.3) is 0 Å². The monoisotopic (exact) mass is 245 g/mol. The summed E-state index contributed by atoms with van der Waals surface area (Å²) in [7, 11) is 0. The number of fused-ring (bicyclic) bond motifs is 1. The summed E-state index contributed by atoms with van der Waals surface area (Å²) >= 11 is 1.64. The Bertz CT molecular complexity index is 493. The number of aromatic nitrogens is 1. The fourth-order valence-electron chi connectivity index (χ4n) is 2.11. The molecule has 0 bridgehead atoms. The van der Waals surface area contributed by atoms with E-state index in [1.807, 2.05) is 5.51 Å². The summed E-state index contributed by atoms with van der Waals surface area (Å²) in [5, 5.41) is 8.90. The van der Waals surface area contributed by atoms with Crippen LogP contribution in [0.15, 0.2) is 29.1 Å². The lowest BCUT2D eigenvalue weighted by Gasteiger charge is -2.06. The molecule has 17 heavy (non-hydrogen) atoms. The molecule has 1 aromatic heterocycles. The number of hydrogen-bond donors (Lipinski definition) is 2. The standard InChI is InChI=1S/C13H15N3S/c1-2-11-3-4-15-13(11)5-10(1)6-14-7-12-8-17-9-16-12/h1-2,5,8-9,14-15H,3-4,6-7H2. The van der Waals surface area contributed by atoms with Crippen molar-refractivity contribution in [3.8, 4) is 0 Å². The number of nitrogens with one attached hydrogen (secondary N) is 2. The van der Waals surface area contributed by atoms with E-state index in [0.29, 0.717) is 0 Å². The van der Waals surface area contributed by atoms with Gasteiger partial charge in [-0.15, -0.1) is 11.3 Å². The number of benzene rings is 1. The van der Waals surface area contributed by atoms with E-state index in [9.17, 15) is 0 Å². The summed E-state index contributed by atoms with van der Waals surface area (Å²) in [5.41, 5.74) is 7.06. The van der Waals surface area contributed by atoms with Gasteiger partial charge in [0, 0.05) is 30.7 Å². The van der Waals surface area contributed by atoms with Crippen molar-refractivity contribution in [2.75, 3.05) is 11.9 Å². The first-order valence-corrected chi connectivity index (χ1v) is 6.79. The predicted octanol–water partition coefficient (Wildman–Crippen LogP) is 2.40. The van der Waals surface area contributed by atoms with Crippen molar-refractivity contribution >= 4 is 17.0 Å². The zero-order chi connectivity index (χ0) is 11.5. The van der Waals surface area contributed by atoms with Crippen LogP contribution in [-0.4, -0.2) is 11.5 Å². The highest BCUT2D eigenvalue weighted by Crippen LogP contribution is 2.23. The molecule has 1 aliphatic rings. The quantitative estimate of drug-likeness (QED) is 0.868. The highest BCUT2D eigenvalue weighted by Gasteiger charge is 2.09. The van der Waals surface area contributed by atoms with Crippen LogP contribution in [0.5, 0.6) is 0 Å². The predicted molar refractivity (Wildman–Crippen MR) is 71.3 cm³/mol. The molecule has 0 fully saturated rings. The molecule has 88 valence electrons. The lowest BCUT2D eigenvalue weighted by atomic mass is 10.1. The zero-order valence-electron chi connectivity index (χ0n) is 9.57. The molecule has 0 saturated carbocycles. The third kappa shape index (κ3) is 2.48. The Morgan fingerprint density at radius 3 is 3.24 bits per heavy atom. The topological polar surface area (TPSA) is 37.0 Å². The normalized spacial score (nSPS) is 13.4. The highest BCUT2D eigenvalue weighted by atomic mass is 32.1. The Hall–Kier alpha value is -1.39. The Kier molecular flexibility index (Phi) is 3.07. The molecule has 0 amide bonds. The van der Waals surface area contributed by atoms with Crippen molar-refractivity contribution in [3.05, 3.63) is 45.9 Å². The lowest BCUT2D eigenvalue weighted by Crippen LogP contribution is -2.12. The zero-order valence-corrected chi connectivity index (χ0v) is 10.4. The van der Waals surface area contributed by atoms with Gasteiger partial charge in [-0.1, -0.05) is 12.1 Å². The van der Waals surface area contributed by atoms with Crippen LogP contribution in [0.4, 0.5) is 5.69 Å². The summed E-state index contributed by atoms with van der Waals surface area (Å²) in [6, 6.07) is 6.69. The van der Waals surface area contributed by atoms with E-state index in [1.165, 1.54) is 16.8 Å². The van der Waals surface area contributed by atoms with E-state index >= 15 is 0 Å². The van der Waals surface area contributed by atoms with Gasteiger partial charge < -0.3 is 10.6 Å². The van der Waals surface area contributed by atoms with Crippen LogP contribution >= 0.6 is 11.3 Å². The second kappa shape index (κ2) is 4.85. The van der Waals surface area contributed by atoms with Gasteiger partial charge in [-0.3, -0.25) is 0 Å². The fraction of sp³-hybridized carbons (Fsp3) is 0.308. The molecule has 0 saturated heterocycles. The molecule has 2 aromatic rings. The van der Waals surface area contributed by atoms with Crippen molar-refractivity contribution in [1.82, 2.24) is 10.3 Å². The van der Waals surface area contributed by atoms with Gasteiger partial charge in [0.1, 0.15) is 0 Å². The molecular weight excluding hydrogens is 230 g/mol. The number of anilines is 1. The first-order valence-electron chi connectivity index (χ1n) is 5.85. The molecule has 0 unspecified atom stereocenters. The Balaban J connectivity index is 1.58. The van der Waals surface area contributed by atoms with E-state index in [4.69, 9.17) is 0 Å². The second-order valence-corrected chi connectivity index (χ2v) is 4.97. The number of thiazole rings is 1. The molecule has 0 aliphatic carbocycles. The molecule has 3 nitrogen and oxygen atoms in total. The van der Waals surface area contributed by atoms with Crippen molar-refractivity contribution in [1.29, 1.82) is 0 Å². The summed E-state index contributed by atoms with van der Waals surface area (Å²) < 4.78 is 0. The second-order valence-electron chi connectivity index (χ2n) is 4.25. The average Bonchev–Trinajstić information content (AvgIpc) is 2.98. The molecule has 2 N–H and O–H groups in total. The summed E-state index contributed by atoms with van der Waals surface area (Å²) in [4.78, 5) is 4.25. The van der Waals surface area contributed by atoms with Gasteiger partial charge in [-0.25, -0.2) is 4.98 Å². The highest BCUT2D eigenvalue weighted by molar-refractivity contribution is 7.07. The first kappa shape index (κ1) is 10.7.